The first kappa shape index (κ1) is 12.6. The number of hydrogen-bond acceptors (Lipinski definition) is 6. The van der Waals surface area contributed by atoms with Gasteiger partial charge in [0.25, 0.3) is 0 Å². The monoisotopic (exact) mass is 266 g/mol. The number of amides is 1. The summed E-state index contributed by atoms with van der Waals surface area (Å²) < 4.78 is 5.14. The van der Waals surface area contributed by atoms with Crippen molar-refractivity contribution in [1.29, 1.82) is 0 Å². The topological polar surface area (TPSA) is 91.5 Å². The zero-order valence-corrected chi connectivity index (χ0v) is 11.0. The molecule has 7 heteroatoms. The Morgan fingerprint density at radius 1 is 1.68 bits per heavy atom. The predicted molar refractivity (Wildman–Crippen MR) is 65.0 cm³/mol. The highest BCUT2D eigenvalue weighted by atomic mass is 16.4. The first-order valence-electron chi connectivity index (χ1n) is 6.56. The summed E-state index contributed by atoms with van der Waals surface area (Å²) in [6.45, 7) is 4.28. The highest BCUT2D eigenvalue weighted by Gasteiger charge is 2.58. The van der Waals surface area contributed by atoms with Gasteiger partial charge in [0.05, 0.1) is 6.10 Å². The SMILES string of the molecule is CC1CCC2(CN([C@H](c3nnco3)[C@@H](C)O)C2=O)N1. The van der Waals surface area contributed by atoms with Crippen LogP contribution in [0.4, 0.5) is 0 Å². The van der Waals surface area contributed by atoms with Crippen LogP contribution in [0.5, 0.6) is 0 Å². The molecule has 0 aliphatic carbocycles. The normalized spacial score (nSPS) is 33.5. The van der Waals surface area contributed by atoms with Crippen molar-refractivity contribution >= 4 is 5.91 Å². The highest BCUT2D eigenvalue weighted by molar-refractivity contribution is 5.93. The van der Waals surface area contributed by atoms with Crippen molar-refractivity contribution in [3.8, 4) is 0 Å². The van der Waals surface area contributed by atoms with Crippen LogP contribution in [0.15, 0.2) is 10.8 Å². The molecule has 0 radical (unpaired) electrons. The molecule has 104 valence electrons. The Morgan fingerprint density at radius 3 is 2.95 bits per heavy atom. The van der Waals surface area contributed by atoms with Crippen LogP contribution in [0.1, 0.15) is 38.6 Å². The van der Waals surface area contributed by atoms with Crippen LogP contribution in [-0.4, -0.2) is 50.3 Å². The van der Waals surface area contributed by atoms with Crippen molar-refractivity contribution in [2.75, 3.05) is 6.54 Å². The van der Waals surface area contributed by atoms with Crippen molar-refractivity contribution in [3.63, 3.8) is 0 Å². The Balaban J connectivity index is 1.79. The van der Waals surface area contributed by atoms with E-state index in [2.05, 4.69) is 22.4 Å². The number of carbonyl (C=O) groups is 1. The first-order chi connectivity index (χ1) is 9.03. The predicted octanol–water partition coefficient (Wildman–Crippen LogP) is -0.156. The third-order valence-corrected chi connectivity index (χ3v) is 4.06. The molecule has 2 fully saturated rings. The maximum absolute atomic E-state index is 12.4. The van der Waals surface area contributed by atoms with Crippen LogP contribution in [0, 0.1) is 0 Å². The molecule has 0 aromatic carbocycles. The Morgan fingerprint density at radius 2 is 2.47 bits per heavy atom. The number of aliphatic hydroxyl groups excluding tert-OH is 1. The fourth-order valence-electron chi connectivity index (χ4n) is 3.12. The lowest BCUT2D eigenvalue weighted by Gasteiger charge is -2.50. The van der Waals surface area contributed by atoms with Gasteiger partial charge in [-0.25, -0.2) is 0 Å². The van der Waals surface area contributed by atoms with E-state index in [1.165, 1.54) is 6.39 Å². The third-order valence-electron chi connectivity index (χ3n) is 4.06. The zero-order chi connectivity index (χ0) is 13.6. The Labute approximate surface area is 111 Å². The van der Waals surface area contributed by atoms with Crippen molar-refractivity contribution in [1.82, 2.24) is 20.4 Å². The molecule has 2 aliphatic heterocycles. The van der Waals surface area contributed by atoms with E-state index in [4.69, 9.17) is 4.42 Å². The Bertz CT molecular complexity index is 475. The van der Waals surface area contributed by atoms with Crippen molar-refractivity contribution < 1.29 is 14.3 Å². The van der Waals surface area contributed by atoms with Gasteiger partial charge in [-0.1, -0.05) is 0 Å². The van der Waals surface area contributed by atoms with E-state index in [1.54, 1.807) is 11.8 Å². The molecule has 3 heterocycles. The summed E-state index contributed by atoms with van der Waals surface area (Å²) in [5.74, 6) is 0.296. The summed E-state index contributed by atoms with van der Waals surface area (Å²) in [7, 11) is 0. The molecule has 2 saturated heterocycles. The highest BCUT2D eigenvalue weighted by Crippen LogP contribution is 2.39. The van der Waals surface area contributed by atoms with Crippen LogP contribution in [0.2, 0.25) is 0 Å². The molecule has 7 nitrogen and oxygen atoms in total. The number of nitrogens with one attached hydrogen (secondary N) is 1. The van der Waals surface area contributed by atoms with Gasteiger partial charge in [0.1, 0.15) is 11.6 Å². The van der Waals surface area contributed by atoms with Gasteiger partial charge in [0.15, 0.2) is 0 Å². The molecular formula is C12H18N4O3. The number of β-lactam (4-membered cyclic amide) rings is 1. The van der Waals surface area contributed by atoms with Crippen LogP contribution in [-0.2, 0) is 4.79 Å². The fraction of sp³-hybridized carbons (Fsp3) is 0.750. The van der Waals surface area contributed by atoms with Gasteiger partial charge in [-0.05, 0) is 26.7 Å². The molecule has 1 aromatic heterocycles. The van der Waals surface area contributed by atoms with Crippen LogP contribution >= 0.6 is 0 Å². The second kappa shape index (κ2) is 4.28. The van der Waals surface area contributed by atoms with Gasteiger partial charge in [0, 0.05) is 12.6 Å². The first-order valence-corrected chi connectivity index (χ1v) is 6.56. The smallest absolute Gasteiger partial charge is 0.245 e. The van der Waals surface area contributed by atoms with Gasteiger partial charge < -0.3 is 14.4 Å². The number of rotatable bonds is 3. The molecule has 2 aliphatic rings. The maximum atomic E-state index is 12.4. The van der Waals surface area contributed by atoms with Gasteiger partial charge in [-0.2, -0.15) is 0 Å². The summed E-state index contributed by atoms with van der Waals surface area (Å²) in [5.41, 5.74) is -0.438. The summed E-state index contributed by atoms with van der Waals surface area (Å²) in [4.78, 5) is 14.0. The van der Waals surface area contributed by atoms with Gasteiger partial charge in [0.2, 0.25) is 18.2 Å². The summed E-state index contributed by atoms with van der Waals surface area (Å²) in [5, 5.41) is 20.6. The molecule has 4 atom stereocenters. The number of likely N-dealkylation sites (tertiary alicyclic amines) is 1. The second-order valence-corrected chi connectivity index (χ2v) is 5.56. The molecule has 1 aromatic rings. The maximum Gasteiger partial charge on any atom is 0.245 e. The standard InChI is InChI=1S/C12H18N4O3/c1-7-3-4-12(14-7)5-16(11(12)18)9(8(2)17)10-15-13-6-19-10/h6-9,14,17H,3-5H2,1-2H3/t7?,8-,9+,12?/m1/s1. The summed E-state index contributed by atoms with van der Waals surface area (Å²) in [6.07, 6.45) is 2.31. The van der Waals surface area contributed by atoms with E-state index in [9.17, 15) is 9.90 Å². The Hall–Kier alpha value is -1.47. The van der Waals surface area contributed by atoms with Crippen LogP contribution < -0.4 is 5.32 Å². The van der Waals surface area contributed by atoms with E-state index in [0.717, 1.165) is 12.8 Å². The van der Waals surface area contributed by atoms with Gasteiger partial charge in [-0.3, -0.25) is 10.1 Å². The number of nitrogens with zero attached hydrogens (tertiary/aromatic N) is 3. The lowest BCUT2D eigenvalue weighted by atomic mass is 9.84. The molecule has 0 bridgehead atoms. The molecule has 1 spiro atoms. The average Bonchev–Trinajstić information content (AvgIpc) is 2.99. The van der Waals surface area contributed by atoms with E-state index in [0.29, 0.717) is 12.6 Å². The zero-order valence-electron chi connectivity index (χ0n) is 11.0. The van der Waals surface area contributed by atoms with Crippen molar-refractivity contribution in [2.45, 2.75) is 50.4 Å². The second-order valence-electron chi connectivity index (χ2n) is 5.56. The molecule has 19 heavy (non-hydrogen) atoms. The minimum absolute atomic E-state index is 0.0148. The van der Waals surface area contributed by atoms with Crippen LogP contribution in [0.25, 0.3) is 0 Å². The quantitative estimate of drug-likeness (QED) is 0.739. The number of aliphatic hydroxyl groups is 1. The molecule has 0 saturated carbocycles. The van der Waals surface area contributed by atoms with E-state index in [-0.39, 0.29) is 11.8 Å². The lowest BCUT2D eigenvalue weighted by molar-refractivity contribution is -0.161. The number of carbonyl (C=O) groups excluding carboxylic acids is 1. The summed E-state index contributed by atoms with van der Waals surface area (Å²) in [6, 6.07) is -0.196. The number of hydrogen-bond donors (Lipinski definition) is 2. The fourth-order valence-corrected chi connectivity index (χ4v) is 3.12. The molecule has 2 unspecified atom stereocenters. The van der Waals surface area contributed by atoms with E-state index < -0.39 is 17.7 Å². The molecule has 3 rings (SSSR count). The summed E-state index contributed by atoms with van der Waals surface area (Å²) >= 11 is 0. The minimum Gasteiger partial charge on any atom is -0.426 e. The molecule has 1 amide bonds. The lowest BCUT2D eigenvalue weighted by Crippen LogP contribution is -2.72. The number of aromatic nitrogens is 2. The van der Waals surface area contributed by atoms with Crippen LogP contribution in [0.3, 0.4) is 0 Å². The third kappa shape index (κ3) is 1.84. The molecular weight excluding hydrogens is 248 g/mol. The van der Waals surface area contributed by atoms with E-state index >= 15 is 0 Å². The molecule has 2 N–H and O–H groups in total. The van der Waals surface area contributed by atoms with Crippen molar-refractivity contribution in [2.24, 2.45) is 0 Å². The Kier molecular flexibility index (Phi) is 2.83. The average molecular weight is 266 g/mol. The largest absolute Gasteiger partial charge is 0.426 e. The van der Waals surface area contributed by atoms with E-state index in [1.807, 2.05) is 0 Å². The van der Waals surface area contributed by atoms with Crippen molar-refractivity contribution in [3.05, 3.63) is 12.3 Å². The minimum atomic E-state index is -0.749. The van der Waals surface area contributed by atoms with Gasteiger partial charge in [-0.15, -0.1) is 10.2 Å². The van der Waals surface area contributed by atoms with Gasteiger partial charge >= 0.3 is 0 Å².